The summed E-state index contributed by atoms with van der Waals surface area (Å²) in [6.07, 6.45) is 3.85. The van der Waals surface area contributed by atoms with Gasteiger partial charge in [-0.1, -0.05) is 12.1 Å². The van der Waals surface area contributed by atoms with E-state index in [1.807, 2.05) is 24.3 Å². The van der Waals surface area contributed by atoms with Crippen molar-refractivity contribution in [1.82, 2.24) is 20.0 Å². The lowest BCUT2D eigenvalue weighted by molar-refractivity contribution is -0.127. The van der Waals surface area contributed by atoms with Gasteiger partial charge in [-0.25, -0.2) is 4.99 Å². The average Bonchev–Trinajstić information content (AvgIpc) is 3.41. The Balaban J connectivity index is 1.62. The van der Waals surface area contributed by atoms with Gasteiger partial charge in [0.25, 0.3) is 0 Å². The van der Waals surface area contributed by atoms with Gasteiger partial charge >= 0.3 is 0 Å². The Hall–Kier alpha value is -2.28. The maximum Gasteiger partial charge on any atom is 0.241 e. The van der Waals surface area contributed by atoms with Crippen LogP contribution in [0, 0.1) is 5.92 Å². The van der Waals surface area contributed by atoms with Crippen molar-refractivity contribution in [3.63, 3.8) is 0 Å². The predicted octanol–water partition coefficient (Wildman–Crippen LogP) is 1.65. The van der Waals surface area contributed by atoms with Crippen LogP contribution in [-0.2, 0) is 11.3 Å². The molecule has 2 aliphatic rings. The quantitative estimate of drug-likeness (QED) is 0.556. The number of rotatable bonds is 7. The van der Waals surface area contributed by atoms with Crippen molar-refractivity contribution in [2.24, 2.45) is 10.9 Å². The van der Waals surface area contributed by atoms with Crippen molar-refractivity contribution in [2.45, 2.75) is 25.8 Å². The highest BCUT2D eigenvalue weighted by Crippen LogP contribution is 2.20. The SMILES string of the molecule is COc1ccc(CN=C(NCC(=O)N(C)C)N2CCC(CN3CCCC3)C2)cc1. The van der Waals surface area contributed by atoms with E-state index in [9.17, 15) is 4.79 Å². The monoisotopic (exact) mass is 401 g/mol. The van der Waals surface area contributed by atoms with Gasteiger partial charge in [-0.15, -0.1) is 0 Å². The lowest BCUT2D eigenvalue weighted by Gasteiger charge is -2.24. The Morgan fingerprint density at radius 2 is 1.93 bits per heavy atom. The minimum Gasteiger partial charge on any atom is -0.497 e. The molecule has 2 aliphatic heterocycles. The molecule has 0 bridgehead atoms. The van der Waals surface area contributed by atoms with Crippen LogP contribution in [0.2, 0.25) is 0 Å². The van der Waals surface area contributed by atoms with Crippen molar-refractivity contribution in [3.05, 3.63) is 29.8 Å². The van der Waals surface area contributed by atoms with Crippen LogP contribution < -0.4 is 10.1 Å². The largest absolute Gasteiger partial charge is 0.497 e. The van der Waals surface area contributed by atoms with Crippen molar-refractivity contribution in [3.8, 4) is 5.75 Å². The summed E-state index contributed by atoms with van der Waals surface area (Å²) in [6.45, 7) is 6.50. The van der Waals surface area contributed by atoms with Gasteiger partial charge in [0.1, 0.15) is 5.75 Å². The number of likely N-dealkylation sites (N-methyl/N-ethyl adjacent to an activating group) is 1. The fraction of sp³-hybridized carbons (Fsp3) is 0.636. The molecule has 1 aromatic rings. The first-order valence-electron chi connectivity index (χ1n) is 10.6. The molecule has 2 saturated heterocycles. The van der Waals surface area contributed by atoms with Crippen LogP contribution in [0.5, 0.6) is 5.75 Å². The molecule has 7 heteroatoms. The van der Waals surface area contributed by atoms with Crippen LogP contribution in [0.15, 0.2) is 29.3 Å². The molecular formula is C22H35N5O2. The number of hydrogen-bond acceptors (Lipinski definition) is 4. The van der Waals surface area contributed by atoms with E-state index in [-0.39, 0.29) is 12.5 Å². The summed E-state index contributed by atoms with van der Waals surface area (Å²) in [5.74, 6) is 2.40. The van der Waals surface area contributed by atoms with Crippen LogP contribution in [0.4, 0.5) is 0 Å². The summed E-state index contributed by atoms with van der Waals surface area (Å²) in [6, 6.07) is 7.97. The van der Waals surface area contributed by atoms with Crippen molar-refractivity contribution in [2.75, 3.05) is 60.5 Å². The molecule has 1 N–H and O–H groups in total. The molecule has 3 rings (SSSR count). The number of guanidine groups is 1. The highest BCUT2D eigenvalue weighted by molar-refractivity contribution is 5.86. The standard InChI is InChI=1S/C22H35N5O2/c1-25(2)21(28)15-24-22(23-14-18-6-8-20(29-3)9-7-18)27-13-10-19(17-27)16-26-11-4-5-12-26/h6-9,19H,4-5,10-17H2,1-3H3,(H,23,24). The smallest absolute Gasteiger partial charge is 0.241 e. The molecule has 160 valence electrons. The molecule has 0 radical (unpaired) electrons. The van der Waals surface area contributed by atoms with E-state index in [1.165, 1.54) is 38.9 Å². The first kappa shape index (κ1) is 21.4. The lowest BCUT2D eigenvalue weighted by Crippen LogP contribution is -2.44. The number of benzene rings is 1. The highest BCUT2D eigenvalue weighted by Gasteiger charge is 2.27. The first-order valence-corrected chi connectivity index (χ1v) is 10.6. The van der Waals surface area contributed by atoms with E-state index < -0.39 is 0 Å². The van der Waals surface area contributed by atoms with E-state index in [0.29, 0.717) is 12.5 Å². The molecular weight excluding hydrogens is 366 g/mol. The van der Waals surface area contributed by atoms with Gasteiger partial charge < -0.3 is 24.8 Å². The van der Waals surface area contributed by atoms with Gasteiger partial charge in [0.2, 0.25) is 5.91 Å². The zero-order chi connectivity index (χ0) is 20.6. The average molecular weight is 402 g/mol. The molecule has 7 nitrogen and oxygen atoms in total. The number of carbonyl (C=O) groups is 1. The number of ether oxygens (including phenoxy) is 1. The van der Waals surface area contributed by atoms with E-state index in [4.69, 9.17) is 9.73 Å². The second kappa shape index (κ2) is 10.5. The minimum atomic E-state index is 0.0509. The van der Waals surface area contributed by atoms with Crippen LogP contribution in [0.1, 0.15) is 24.8 Å². The Bertz CT molecular complexity index is 683. The molecule has 29 heavy (non-hydrogen) atoms. The summed E-state index contributed by atoms with van der Waals surface area (Å²) < 4.78 is 5.23. The summed E-state index contributed by atoms with van der Waals surface area (Å²) in [5.41, 5.74) is 1.12. The summed E-state index contributed by atoms with van der Waals surface area (Å²) in [4.78, 5) is 23.4. The van der Waals surface area contributed by atoms with Crippen molar-refractivity contribution < 1.29 is 9.53 Å². The molecule has 1 atom stereocenters. The number of methoxy groups -OCH3 is 1. The number of hydrogen-bond donors (Lipinski definition) is 1. The molecule has 1 unspecified atom stereocenters. The van der Waals surface area contributed by atoms with Gasteiger partial charge in [-0.2, -0.15) is 0 Å². The zero-order valence-electron chi connectivity index (χ0n) is 18.1. The maximum atomic E-state index is 12.1. The molecule has 0 aromatic heterocycles. The number of nitrogens with one attached hydrogen (secondary N) is 1. The molecule has 0 aliphatic carbocycles. The number of likely N-dealkylation sites (tertiary alicyclic amines) is 2. The molecule has 0 saturated carbocycles. The topological polar surface area (TPSA) is 60.4 Å². The lowest BCUT2D eigenvalue weighted by atomic mass is 10.1. The second-order valence-corrected chi connectivity index (χ2v) is 8.24. The summed E-state index contributed by atoms with van der Waals surface area (Å²) in [7, 11) is 5.23. The number of nitrogens with zero attached hydrogens (tertiary/aromatic N) is 4. The fourth-order valence-corrected chi connectivity index (χ4v) is 3.98. The van der Waals surface area contributed by atoms with Gasteiger partial charge in [0.15, 0.2) is 5.96 Å². The Morgan fingerprint density at radius 3 is 2.59 bits per heavy atom. The zero-order valence-corrected chi connectivity index (χ0v) is 18.1. The van der Waals surface area contributed by atoms with E-state index in [2.05, 4.69) is 15.1 Å². The second-order valence-electron chi connectivity index (χ2n) is 8.24. The minimum absolute atomic E-state index is 0.0509. The van der Waals surface area contributed by atoms with Crippen molar-refractivity contribution in [1.29, 1.82) is 0 Å². The predicted molar refractivity (Wildman–Crippen MR) is 116 cm³/mol. The van der Waals surface area contributed by atoms with E-state index >= 15 is 0 Å². The van der Waals surface area contributed by atoms with Gasteiger partial charge in [-0.05, 0) is 56.0 Å². The third kappa shape index (κ3) is 6.35. The molecule has 1 aromatic carbocycles. The summed E-state index contributed by atoms with van der Waals surface area (Å²) >= 11 is 0. The van der Waals surface area contributed by atoms with Crippen LogP contribution in [0.3, 0.4) is 0 Å². The van der Waals surface area contributed by atoms with Crippen LogP contribution in [0.25, 0.3) is 0 Å². The fourth-order valence-electron chi connectivity index (χ4n) is 3.98. The molecule has 2 fully saturated rings. The summed E-state index contributed by atoms with van der Waals surface area (Å²) in [5, 5.41) is 3.30. The maximum absolute atomic E-state index is 12.1. The normalized spacial score (nSPS) is 20.2. The first-order chi connectivity index (χ1) is 14.0. The van der Waals surface area contributed by atoms with Gasteiger partial charge in [0.05, 0.1) is 20.2 Å². The third-order valence-corrected chi connectivity index (χ3v) is 5.77. The highest BCUT2D eigenvalue weighted by atomic mass is 16.5. The number of amides is 1. The molecule has 0 spiro atoms. The molecule has 1 amide bonds. The van der Waals surface area contributed by atoms with E-state index in [0.717, 1.165) is 30.4 Å². The Labute approximate surface area is 174 Å². The molecule has 2 heterocycles. The third-order valence-electron chi connectivity index (χ3n) is 5.77. The van der Waals surface area contributed by atoms with Gasteiger partial charge in [0, 0.05) is 33.7 Å². The van der Waals surface area contributed by atoms with E-state index in [1.54, 1.807) is 26.1 Å². The van der Waals surface area contributed by atoms with Crippen LogP contribution in [-0.4, -0.2) is 87.0 Å². The van der Waals surface area contributed by atoms with Crippen molar-refractivity contribution >= 4 is 11.9 Å². The number of carbonyl (C=O) groups excluding carboxylic acids is 1. The Morgan fingerprint density at radius 1 is 1.21 bits per heavy atom. The van der Waals surface area contributed by atoms with Crippen LogP contribution >= 0.6 is 0 Å². The Kier molecular flexibility index (Phi) is 7.75. The van der Waals surface area contributed by atoms with Gasteiger partial charge in [-0.3, -0.25) is 4.79 Å². The number of aliphatic imine (C=N–C) groups is 1.